The first-order chi connectivity index (χ1) is 21.4. The molecular formula is C37H51Cl2F6N. The van der Waals surface area contributed by atoms with Crippen LogP contribution in [-0.4, -0.2) is 18.8 Å². The maximum absolute atomic E-state index is 12.0. The SMILES string of the molecule is C=C(C)/C(C=N)=C(/C)C(F)(F)F.C=C(C)C1CCC(C)CC1.CCCc1ccccc1Cl.CCc1ccc(C(F)(F)F)cc1.CCl. The molecule has 0 unspecified atom stereocenters. The summed E-state index contributed by atoms with van der Waals surface area (Å²) in [4.78, 5) is 0. The number of hydrogen-bond acceptors (Lipinski definition) is 1. The van der Waals surface area contributed by atoms with Crippen molar-refractivity contribution in [2.45, 2.75) is 98.8 Å². The van der Waals surface area contributed by atoms with Crippen molar-refractivity contribution in [1.82, 2.24) is 0 Å². The Kier molecular flexibility index (Phi) is 23.6. The smallest absolute Gasteiger partial charge is 0.308 e. The van der Waals surface area contributed by atoms with Crippen molar-refractivity contribution >= 4 is 29.4 Å². The number of hydrogen-bond donors (Lipinski definition) is 1. The van der Waals surface area contributed by atoms with Crippen LogP contribution in [0.2, 0.25) is 5.02 Å². The van der Waals surface area contributed by atoms with Crippen molar-refractivity contribution in [3.8, 4) is 0 Å². The van der Waals surface area contributed by atoms with E-state index in [4.69, 9.17) is 17.0 Å². The maximum Gasteiger partial charge on any atom is 0.416 e. The molecule has 260 valence electrons. The summed E-state index contributed by atoms with van der Waals surface area (Å²) in [5, 5.41) is 7.65. The van der Waals surface area contributed by atoms with E-state index in [2.05, 4.69) is 51.6 Å². The number of allylic oxidation sites excluding steroid dienone is 4. The van der Waals surface area contributed by atoms with Crippen molar-refractivity contribution in [3.05, 3.63) is 106 Å². The molecule has 0 aromatic heterocycles. The first-order valence-electron chi connectivity index (χ1n) is 15.3. The summed E-state index contributed by atoms with van der Waals surface area (Å²) in [6.07, 6.45) is 2.16. The number of benzene rings is 2. The summed E-state index contributed by atoms with van der Waals surface area (Å²) >= 11 is 10.5. The van der Waals surface area contributed by atoms with Crippen LogP contribution in [0.3, 0.4) is 0 Å². The predicted octanol–water partition coefficient (Wildman–Crippen LogP) is 13.9. The van der Waals surface area contributed by atoms with Gasteiger partial charge in [-0.15, -0.1) is 11.6 Å². The summed E-state index contributed by atoms with van der Waals surface area (Å²) < 4.78 is 72.2. The van der Waals surface area contributed by atoms with Crippen LogP contribution in [-0.2, 0) is 19.0 Å². The van der Waals surface area contributed by atoms with Gasteiger partial charge in [0.15, 0.2) is 0 Å². The molecule has 0 heterocycles. The molecule has 1 aliphatic rings. The van der Waals surface area contributed by atoms with Crippen molar-refractivity contribution in [3.63, 3.8) is 0 Å². The maximum atomic E-state index is 12.0. The lowest BCUT2D eigenvalue weighted by atomic mass is 9.80. The monoisotopic (exact) mass is 693 g/mol. The second kappa shape index (κ2) is 23.8. The van der Waals surface area contributed by atoms with Crippen molar-refractivity contribution in [2.24, 2.45) is 11.8 Å². The molecule has 0 atom stereocenters. The van der Waals surface area contributed by atoms with Crippen LogP contribution in [0, 0.1) is 17.2 Å². The summed E-state index contributed by atoms with van der Waals surface area (Å²) in [5.41, 5.74) is 2.31. The Balaban J connectivity index is 0. The molecule has 2 aromatic carbocycles. The average Bonchev–Trinajstić information content (AvgIpc) is 3.00. The third-order valence-corrected chi connectivity index (χ3v) is 7.68. The van der Waals surface area contributed by atoms with E-state index in [0.717, 1.165) is 60.7 Å². The molecule has 0 bridgehead atoms. The quantitative estimate of drug-likeness (QED) is 0.102. The van der Waals surface area contributed by atoms with Crippen molar-refractivity contribution in [1.29, 1.82) is 5.41 Å². The lowest BCUT2D eigenvalue weighted by molar-refractivity contribution is -0.137. The predicted molar refractivity (Wildman–Crippen MR) is 186 cm³/mol. The molecule has 0 aliphatic heterocycles. The Morgan fingerprint density at radius 2 is 1.37 bits per heavy atom. The summed E-state index contributed by atoms with van der Waals surface area (Å²) in [6, 6.07) is 13.2. The Bertz CT molecular complexity index is 1190. The van der Waals surface area contributed by atoms with E-state index in [1.165, 1.54) is 62.3 Å². The van der Waals surface area contributed by atoms with Gasteiger partial charge in [-0.2, -0.15) is 26.3 Å². The van der Waals surface area contributed by atoms with Gasteiger partial charge >= 0.3 is 12.4 Å². The molecule has 0 amide bonds. The molecule has 3 rings (SSSR count). The van der Waals surface area contributed by atoms with Crippen LogP contribution >= 0.6 is 23.2 Å². The Labute approximate surface area is 283 Å². The number of rotatable bonds is 6. The van der Waals surface area contributed by atoms with E-state index in [0.29, 0.717) is 6.21 Å². The Morgan fingerprint density at radius 1 is 0.870 bits per heavy atom. The van der Waals surface area contributed by atoms with E-state index in [9.17, 15) is 26.3 Å². The second-order valence-electron chi connectivity index (χ2n) is 11.2. The van der Waals surface area contributed by atoms with Crippen LogP contribution in [0.1, 0.15) is 90.3 Å². The molecule has 1 saturated carbocycles. The van der Waals surface area contributed by atoms with Crippen molar-refractivity contribution < 1.29 is 26.3 Å². The van der Waals surface area contributed by atoms with Gasteiger partial charge in [-0.3, -0.25) is 0 Å². The number of halogens is 8. The van der Waals surface area contributed by atoms with E-state index in [-0.39, 0.29) is 11.1 Å². The molecule has 0 radical (unpaired) electrons. The summed E-state index contributed by atoms with van der Waals surface area (Å²) in [5.74, 6) is 1.81. The highest BCUT2D eigenvalue weighted by Gasteiger charge is 2.32. The number of alkyl halides is 7. The summed E-state index contributed by atoms with van der Waals surface area (Å²) in [7, 11) is 0. The fourth-order valence-corrected chi connectivity index (χ4v) is 4.59. The zero-order valence-corrected chi connectivity index (χ0v) is 29.8. The first kappa shape index (κ1) is 45.6. The van der Waals surface area contributed by atoms with E-state index < -0.39 is 23.5 Å². The van der Waals surface area contributed by atoms with Crippen molar-refractivity contribution in [2.75, 3.05) is 6.38 Å². The lowest BCUT2D eigenvalue weighted by Gasteiger charge is -2.26. The fourth-order valence-electron chi connectivity index (χ4n) is 4.36. The molecule has 0 saturated heterocycles. The third kappa shape index (κ3) is 19.2. The van der Waals surface area contributed by atoms with Crippen LogP contribution in [0.4, 0.5) is 26.3 Å². The first-order valence-corrected chi connectivity index (χ1v) is 16.4. The molecule has 1 nitrogen and oxygen atoms in total. The minimum absolute atomic E-state index is 0.150. The van der Waals surface area contributed by atoms with E-state index in [1.54, 1.807) is 0 Å². The normalized spacial score (nSPS) is 16.2. The van der Waals surface area contributed by atoms with Crippen LogP contribution < -0.4 is 0 Å². The van der Waals surface area contributed by atoms with Gasteiger partial charge in [0.1, 0.15) is 0 Å². The minimum atomic E-state index is -4.37. The zero-order chi connectivity index (χ0) is 36.1. The number of nitrogens with one attached hydrogen (secondary N) is 1. The average molecular weight is 695 g/mol. The van der Waals surface area contributed by atoms with E-state index >= 15 is 0 Å². The van der Waals surface area contributed by atoms with E-state index in [1.807, 2.05) is 25.1 Å². The summed E-state index contributed by atoms with van der Waals surface area (Å²) in [6.45, 7) is 18.3. The third-order valence-electron chi connectivity index (χ3n) is 7.31. The van der Waals surface area contributed by atoms with Gasteiger partial charge in [0.05, 0.1) is 5.56 Å². The van der Waals surface area contributed by atoms with Gasteiger partial charge in [0.2, 0.25) is 0 Å². The molecule has 1 aliphatic carbocycles. The highest BCUT2D eigenvalue weighted by molar-refractivity contribution is 6.31. The van der Waals surface area contributed by atoms with Gasteiger partial charge in [-0.25, -0.2) is 0 Å². The molecule has 0 spiro atoms. The fraction of sp³-hybridized carbons (Fsp3) is 0.486. The highest BCUT2D eigenvalue weighted by Crippen LogP contribution is 2.32. The van der Waals surface area contributed by atoms with Crippen LogP contribution in [0.5, 0.6) is 0 Å². The largest absolute Gasteiger partial charge is 0.416 e. The molecule has 46 heavy (non-hydrogen) atoms. The standard InChI is InChI=1S/C10H18.C9H11Cl.C9H9F3.C8H10F3N.CH3Cl/c1-8(2)10-6-4-9(3)5-7-10;1-2-5-8-6-3-4-7-9(8)10;1-2-7-3-5-8(6-4-7)9(10,11)12;1-5(2)7(4-12)6(3)8(9,10)11;1-2/h9-10H,1,4-7H2,2-3H3;3-4,6-7H,2,5H2,1H3;3-6H,2H2,1H3;4,12H,1H2,2-3H3;1H3/b;;;7-6-,12-4?;. The topological polar surface area (TPSA) is 23.9 Å². The molecule has 1 N–H and O–H groups in total. The van der Waals surface area contributed by atoms with Gasteiger partial charge in [-0.1, -0.05) is 101 Å². The minimum Gasteiger partial charge on any atom is -0.308 e. The van der Waals surface area contributed by atoms with Crippen LogP contribution in [0.15, 0.2) is 84.0 Å². The lowest BCUT2D eigenvalue weighted by Crippen LogP contribution is -2.12. The molecule has 1 fully saturated rings. The Morgan fingerprint density at radius 3 is 1.70 bits per heavy atom. The van der Waals surface area contributed by atoms with Gasteiger partial charge in [0, 0.05) is 28.8 Å². The van der Waals surface area contributed by atoms with Gasteiger partial charge in [-0.05, 0) is 93.2 Å². The van der Waals surface area contributed by atoms with Gasteiger partial charge < -0.3 is 5.41 Å². The second-order valence-corrected chi connectivity index (χ2v) is 11.6. The Hall–Kier alpha value is -2.51. The van der Waals surface area contributed by atoms with Crippen LogP contribution in [0.25, 0.3) is 0 Å². The molecule has 9 heteroatoms. The highest BCUT2D eigenvalue weighted by atomic mass is 35.5. The molecular weight excluding hydrogens is 643 g/mol. The van der Waals surface area contributed by atoms with Gasteiger partial charge in [0.25, 0.3) is 0 Å². The molecule has 2 aromatic rings. The zero-order valence-electron chi connectivity index (χ0n) is 28.2. The number of aryl methyl sites for hydroxylation is 2.